The Morgan fingerprint density at radius 1 is 1.09 bits per heavy atom. The summed E-state index contributed by atoms with van der Waals surface area (Å²) >= 11 is 0. The number of likely N-dealkylation sites (tertiary alicyclic amines) is 1. The fourth-order valence-electron chi connectivity index (χ4n) is 5.51. The maximum absolute atomic E-state index is 5.39. The third kappa shape index (κ3) is 3.24. The highest BCUT2D eigenvalue weighted by Crippen LogP contribution is 2.38. The zero-order valence-electron chi connectivity index (χ0n) is 19.1. The van der Waals surface area contributed by atoms with E-state index in [1.54, 1.807) is 0 Å². The second-order valence-electron chi connectivity index (χ2n) is 9.80. The number of aryl methyl sites for hydroxylation is 1. The van der Waals surface area contributed by atoms with Crippen molar-refractivity contribution in [3.05, 3.63) is 53.3 Å². The van der Waals surface area contributed by atoms with Crippen molar-refractivity contribution in [2.24, 2.45) is 0 Å². The number of rotatable bonds is 4. The topological polar surface area (TPSA) is 58.5 Å². The standard InChI is InChI=1S/C26H31N5O/c1-16(2)25-22-12-19(18-6-9-30(10-7-18)21-14-32-15-21)4-5-23(22)27-26(25)20-8-11-31-24(13-20)17(3)28-29-31/h4-5,8,11-13,16,18,21,27H,6-7,9-10,14-15H2,1-3H3. The molecule has 5 heterocycles. The number of hydrogen-bond acceptors (Lipinski definition) is 4. The number of nitrogens with zero attached hydrogens (tertiary/aromatic N) is 4. The zero-order valence-corrected chi connectivity index (χ0v) is 19.1. The molecule has 6 nitrogen and oxygen atoms in total. The summed E-state index contributed by atoms with van der Waals surface area (Å²) in [4.78, 5) is 6.35. The molecule has 2 fully saturated rings. The lowest BCUT2D eigenvalue weighted by Crippen LogP contribution is -2.51. The summed E-state index contributed by atoms with van der Waals surface area (Å²) in [7, 11) is 0. The predicted octanol–water partition coefficient (Wildman–Crippen LogP) is 4.89. The minimum atomic E-state index is 0.426. The van der Waals surface area contributed by atoms with Crippen molar-refractivity contribution in [3.63, 3.8) is 0 Å². The Hall–Kier alpha value is -2.70. The molecule has 166 valence electrons. The van der Waals surface area contributed by atoms with Crippen molar-refractivity contribution in [3.8, 4) is 11.3 Å². The van der Waals surface area contributed by atoms with Gasteiger partial charge in [-0.2, -0.15) is 0 Å². The summed E-state index contributed by atoms with van der Waals surface area (Å²) in [6.45, 7) is 10.8. The highest BCUT2D eigenvalue weighted by atomic mass is 16.5. The van der Waals surface area contributed by atoms with Crippen LogP contribution in [0.5, 0.6) is 0 Å². The Morgan fingerprint density at radius 3 is 2.62 bits per heavy atom. The number of aromatic nitrogens is 4. The van der Waals surface area contributed by atoms with Gasteiger partial charge in [0.2, 0.25) is 0 Å². The SMILES string of the molecule is Cc1nnn2ccc(-c3[nH]c4ccc(C5CCN(C6COC6)CC5)cc4c3C(C)C)cc12. The van der Waals surface area contributed by atoms with Crippen molar-refractivity contribution in [1.29, 1.82) is 0 Å². The number of pyridine rings is 1. The summed E-state index contributed by atoms with van der Waals surface area (Å²) in [5, 5.41) is 9.77. The van der Waals surface area contributed by atoms with Crippen molar-refractivity contribution < 1.29 is 4.74 Å². The molecule has 3 aromatic heterocycles. The van der Waals surface area contributed by atoms with E-state index in [1.807, 2.05) is 17.6 Å². The smallest absolute Gasteiger partial charge is 0.0900 e. The lowest BCUT2D eigenvalue weighted by molar-refractivity contribution is -0.0712. The van der Waals surface area contributed by atoms with Gasteiger partial charge in [0.15, 0.2) is 0 Å². The third-order valence-electron chi connectivity index (χ3n) is 7.46. The number of piperidine rings is 1. The normalized spacial score (nSPS) is 18.8. The molecule has 6 rings (SSSR count). The Balaban J connectivity index is 1.36. The van der Waals surface area contributed by atoms with Crippen LogP contribution >= 0.6 is 0 Å². The van der Waals surface area contributed by atoms with Crippen molar-refractivity contribution in [1.82, 2.24) is 24.7 Å². The maximum atomic E-state index is 5.39. The molecule has 1 N–H and O–H groups in total. The minimum Gasteiger partial charge on any atom is -0.378 e. The van der Waals surface area contributed by atoms with E-state index in [0.717, 1.165) is 24.4 Å². The molecule has 0 spiro atoms. The molecule has 6 heteroatoms. The van der Waals surface area contributed by atoms with Gasteiger partial charge in [-0.3, -0.25) is 4.90 Å². The molecular weight excluding hydrogens is 398 g/mol. The van der Waals surface area contributed by atoms with Crippen molar-refractivity contribution in [2.75, 3.05) is 26.3 Å². The molecule has 0 amide bonds. The van der Waals surface area contributed by atoms with Crippen molar-refractivity contribution in [2.45, 2.75) is 51.5 Å². The van der Waals surface area contributed by atoms with E-state index in [1.165, 1.54) is 59.2 Å². The number of aromatic amines is 1. The van der Waals surface area contributed by atoms with Gasteiger partial charge in [0.1, 0.15) is 0 Å². The highest BCUT2D eigenvalue weighted by Gasteiger charge is 2.30. The van der Waals surface area contributed by atoms with Gasteiger partial charge in [0.05, 0.1) is 36.2 Å². The first-order valence-electron chi connectivity index (χ1n) is 11.9. The fraction of sp³-hybridized carbons (Fsp3) is 0.462. The predicted molar refractivity (Wildman–Crippen MR) is 127 cm³/mol. The van der Waals surface area contributed by atoms with Gasteiger partial charge in [-0.25, -0.2) is 4.52 Å². The molecule has 32 heavy (non-hydrogen) atoms. The number of ether oxygens (including phenoxy) is 1. The summed E-state index contributed by atoms with van der Waals surface area (Å²) in [5.74, 6) is 1.07. The molecule has 0 saturated carbocycles. The molecule has 1 aromatic carbocycles. The van der Waals surface area contributed by atoms with Crippen LogP contribution in [0.4, 0.5) is 0 Å². The zero-order chi connectivity index (χ0) is 21.8. The molecule has 0 atom stereocenters. The molecule has 0 unspecified atom stereocenters. The molecule has 2 aliphatic rings. The Labute approximate surface area is 188 Å². The summed E-state index contributed by atoms with van der Waals surface area (Å²) < 4.78 is 7.24. The first-order chi connectivity index (χ1) is 15.6. The van der Waals surface area contributed by atoms with Gasteiger partial charge in [-0.1, -0.05) is 25.1 Å². The lowest BCUT2D eigenvalue weighted by Gasteiger charge is -2.41. The Morgan fingerprint density at radius 2 is 1.91 bits per heavy atom. The summed E-state index contributed by atoms with van der Waals surface area (Å²) in [5.41, 5.74) is 8.53. The second kappa shape index (κ2) is 7.71. The summed E-state index contributed by atoms with van der Waals surface area (Å²) in [6, 6.07) is 12.1. The first-order valence-corrected chi connectivity index (χ1v) is 11.9. The fourth-order valence-corrected chi connectivity index (χ4v) is 5.51. The second-order valence-corrected chi connectivity index (χ2v) is 9.80. The first kappa shape index (κ1) is 19.9. The van der Waals surface area contributed by atoms with Gasteiger partial charge in [0, 0.05) is 22.7 Å². The molecule has 2 aliphatic heterocycles. The highest BCUT2D eigenvalue weighted by molar-refractivity contribution is 5.92. The van der Waals surface area contributed by atoms with E-state index < -0.39 is 0 Å². The average Bonchev–Trinajstić information content (AvgIpc) is 3.33. The van der Waals surface area contributed by atoms with E-state index >= 15 is 0 Å². The lowest BCUT2D eigenvalue weighted by atomic mass is 9.87. The van der Waals surface area contributed by atoms with Crippen LogP contribution in [0, 0.1) is 6.92 Å². The van der Waals surface area contributed by atoms with Gasteiger partial charge in [0.25, 0.3) is 0 Å². The maximum Gasteiger partial charge on any atom is 0.0900 e. The molecule has 0 radical (unpaired) electrons. The largest absolute Gasteiger partial charge is 0.378 e. The van der Waals surface area contributed by atoms with Gasteiger partial charge in [-0.05, 0) is 80.1 Å². The van der Waals surface area contributed by atoms with Crippen LogP contribution in [0.3, 0.4) is 0 Å². The number of hydrogen-bond donors (Lipinski definition) is 1. The van der Waals surface area contributed by atoms with E-state index in [4.69, 9.17) is 4.74 Å². The number of fused-ring (bicyclic) bond motifs is 2. The minimum absolute atomic E-state index is 0.426. The van der Waals surface area contributed by atoms with E-state index in [9.17, 15) is 0 Å². The van der Waals surface area contributed by atoms with Crippen LogP contribution in [-0.2, 0) is 4.74 Å². The van der Waals surface area contributed by atoms with Gasteiger partial charge >= 0.3 is 0 Å². The Kier molecular flexibility index (Phi) is 4.81. The number of benzene rings is 1. The molecular formula is C26H31N5O. The van der Waals surface area contributed by atoms with Crippen LogP contribution in [0.15, 0.2) is 36.5 Å². The van der Waals surface area contributed by atoms with Crippen LogP contribution in [0.1, 0.15) is 55.3 Å². The van der Waals surface area contributed by atoms with Crippen LogP contribution < -0.4 is 0 Å². The number of nitrogens with one attached hydrogen (secondary N) is 1. The summed E-state index contributed by atoms with van der Waals surface area (Å²) in [6.07, 6.45) is 4.48. The van der Waals surface area contributed by atoms with Gasteiger partial charge in [-0.15, -0.1) is 5.10 Å². The molecule has 4 aromatic rings. The molecule has 0 bridgehead atoms. The van der Waals surface area contributed by atoms with E-state index in [-0.39, 0.29) is 0 Å². The third-order valence-corrected chi connectivity index (χ3v) is 7.46. The monoisotopic (exact) mass is 429 g/mol. The molecule has 2 saturated heterocycles. The van der Waals surface area contributed by atoms with Crippen LogP contribution in [0.25, 0.3) is 27.7 Å². The van der Waals surface area contributed by atoms with Crippen LogP contribution in [0.2, 0.25) is 0 Å². The van der Waals surface area contributed by atoms with Crippen LogP contribution in [-0.4, -0.2) is 57.1 Å². The quantitative estimate of drug-likeness (QED) is 0.502. The average molecular weight is 430 g/mol. The molecule has 0 aliphatic carbocycles. The van der Waals surface area contributed by atoms with Gasteiger partial charge < -0.3 is 9.72 Å². The van der Waals surface area contributed by atoms with E-state index in [0.29, 0.717) is 17.9 Å². The van der Waals surface area contributed by atoms with Crippen molar-refractivity contribution >= 4 is 16.4 Å². The van der Waals surface area contributed by atoms with E-state index in [2.05, 4.69) is 64.4 Å². The number of H-pyrrole nitrogens is 1. The Bertz CT molecular complexity index is 1270.